The van der Waals surface area contributed by atoms with Gasteiger partial charge in [-0.1, -0.05) is 35.9 Å². The van der Waals surface area contributed by atoms with Crippen molar-refractivity contribution in [1.29, 1.82) is 0 Å². The van der Waals surface area contributed by atoms with Crippen molar-refractivity contribution in [3.05, 3.63) is 53.6 Å². The van der Waals surface area contributed by atoms with Crippen LogP contribution in [0.4, 0.5) is 0 Å². The van der Waals surface area contributed by atoms with Crippen molar-refractivity contribution in [2.24, 2.45) is 0 Å². The van der Waals surface area contributed by atoms with Gasteiger partial charge < -0.3 is 14.2 Å². The lowest BCUT2D eigenvalue weighted by atomic mass is 10.2. The first-order chi connectivity index (χ1) is 9.74. The lowest BCUT2D eigenvalue weighted by Crippen LogP contribution is -2.39. The molecule has 0 saturated carbocycles. The Hall–Kier alpha value is -2.20. The zero-order valence-corrected chi connectivity index (χ0v) is 11.2. The predicted octanol–water partition coefficient (Wildman–Crippen LogP) is 3.09. The number of para-hydroxylation sites is 3. The van der Waals surface area contributed by atoms with Crippen LogP contribution in [0.3, 0.4) is 0 Å². The summed E-state index contributed by atoms with van der Waals surface area (Å²) in [5, 5.41) is 0.373. The lowest BCUT2D eigenvalue weighted by Gasteiger charge is -2.24. The van der Waals surface area contributed by atoms with Crippen molar-refractivity contribution in [2.75, 3.05) is 6.61 Å². The largest absolute Gasteiger partial charge is 0.485 e. The van der Waals surface area contributed by atoms with Gasteiger partial charge in [0.05, 0.1) is 5.02 Å². The molecule has 5 heteroatoms. The third-order valence-electron chi connectivity index (χ3n) is 2.82. The minimum absolute atomic E-state index is 0.111. The van der Waals surface area contributed by atoms with Gasteiger partial charge in [0.25, 0.3) is 0 Å². The quantitative estimate of drug-likeness (QED) is 0.630. The topological polar surface area (TPSA) is 44.8 Å². The van der Waals surface area contributed by atoms with E-state index in [1.165, 1.54) is 0 Å². The second kappa shape index (κ2) is 5.43. The molecule has 102 valence electrons. The second-order valence-electron chi connectivity index (χ2n) is 4.22. The van der Waals surface area contributed by atoms with E-state index >= 15 is 0 Å². The molecule has 1 atom stereocenters. The summed E-state index contributed by atoms with van der Waals surface area (Å²) in [6.07, 6.45) is -0.804. The number of carbonyl (C=O) groups is 1. The normalized spacial score (nSPS) is 16.6. The highest BCUT2D eigenvalue weighted by Gasteiger charge is 2.29. The molecule has 0 amide bonds. The van der Waals surface area contributed by atoms with E-state index in [-0.39, 0.29) is 6.61 Å². The van der Waals surface area contributed by atoms with Crippen molar-refractivity contribution in [3.63, 3.8) is 0 Å². The van der Waals surface area contributed by atoms with Crippen molar-refractivity contribution >= 4 is 17.6 Å². The number of fused-ring (bicyclic) bond motifs is 1. The molecule has 4 nitrogen and oxygen atoms in total. The van der Waals surface area contributed by atoms with Crippen LogP contribution in [0.15, 0.2) is 48.5 Å². The SMILES string of the molecule is O=C(Oc1ccccc1Cl)[C@@H]1COc2ccccc2O1. The Balaban J connectivity index is 1.72. The van der Waals surface area contributed by atoms with E-state index in [1.54, 1.807) is 36.4 Å². The number of hydrogen-bond acceptors (Lipinski definition) is 4. The second-order valence-corrected chi connectivity index (χ2v) is 4.62. The summed E-state index contributed by atoms with van der Waals surface area (Å²) in [4.78, 5) is 12.0. The number of rotatable bonds is 2. The molecular weight excluding hydrogens is 280 g/mol. The van der Waals surface area contributed by atoms with Crippen LogP contribution in [0.2, 0.25) is 5.02 Å². The summed E-state index contributed by atoms with van der Waals surface area (Å²) >= 11 is 5.94. The smallest absolute Gasteiger partial charge is 0.356 e. The molecule has 0 aromatic heterocycles. The minimum atomic E-state index is -0.804. The monoisotopic (exact) mass is 290 g/mol. The van der Waals surface area contributed by atoms with Crippen LogP contribution in [0.5, 0.6) is 17.2 Å². The Morgan fingerprint density at radius 2 is 1.80 bits per heavy atom. The van der Waals surface area contributed by atoms with Crippen LogP contribution in [0, 0.1) is 0 Å². The van der Waals surface area contributed by atoms with E-state index in [2.05, 4.69) is 0 Å². The molecule has 1 aliphatic rings. The fourth-order valence-corrected chi connectivity index (χ4v) is 2.01. The highest BCUT2D eigenvalue weighted by atomic mass is 35.5. The minimum Gasteiger partial charge on any atom is -0.485 e. The van der Waals surface area contributed by atoms with E-state index < -0.39 is 12.1 Å². The molecule has 0 saturated heterocycles. The number of esters is 1. The van der Waals surface area contributed by atoms with E-state index in [4.69, 9.17) is 25.8 Å². The third-order valence-corrected chi connectivity index (χ3v) is 3.13. The zero-order chi connectivity index (χ0) is 13.9. The Morgan fingerprint density at radius 1 is 1.10 bits per heavy atom. The van der Waals surface area contributed by atoms with Gasteiger partial charge in [0.2, 0.25) is 6.10 Å². The molecule has 0 radical (unpaired) electrons. The summed E-state index contributed by atoms with van der Waals surface area (Å²) in [6.45, 7) is 0.111. The van der Waals surface area contributed by atoms with Crippen LogP contribution >= 0.6 is 11.6 Å². The van der Waals surface area contributed by atoms with Gasteiger partial charge in [0.1, 0.15) is 12.4 Å². The van der Waals surface area contributed by atoms with Gasteiger partial charge in [-0.2, -0.15) is 0 Å². The molecule has 0 spiro atoms. The first-order valence-corrected chi connectivity index (χ1v) is 6.46. The van der Waals surface area contributed by atoms with E-state index in [9.17, 15) is 4.79 Å². The van der Waals surface area contributed by atoms with E-state index in [0.717, 1.165) is 0 Å². The first-order valence-electron chi connectivity index (χ1n) is 6.09. The summed E-state index contributed by atoms with van der Waals surface area (Å²) in [7, 11) is 0. The average molecular weight is 291 g/mol. The standard InChI is InChI=1S/C15H11ClO4/c16-10-5-1-2-6-11(10)20-15(17)14-9-18-12-7-3-4-8-13(12)19-14/h1-8,14H,9H2/t14-/m0/s1. The van der Waals surface area contributed by atoms with Crippen LogP contribution in [0.25, 0.3) is 0 Å². The first kappa shape index (κ1) is 12.8. The van der Waals surface area contributed by atoms with Crippen LogP contribution in [-0.4, -0.2) is 18.7 Å². The van der Waals surface area contributed by atoms with E-state index in [1.807, 2.05) is 12.1 Å². The third kappa shape index (κ3) is 2.56. The molecule has 0 aliphatic carbocycles. The van der Waals surface area contributed by atoms with Crippen LogP contribution < -0.4 is 14.2 Å². The highest BCUT2D eigenvalue weighted by molar-refractivity contribution is 6.32. The molecule has 2 aromatic carbocycles. The number of carbonyl (C=O) groups excluding carboxylic acids is 1. The van der Waals surface area contributed by atoms with Gasteiger partial charge in [0, 0.05) is 0 Å². The van der Waals surface area contributed by atoms with Crippen molar-refractivity contribution in [3.8, 4) is 17.2 Å². The summed E-state index contributed by atoms with van der Waals surface area (Å²) in [5.74, 6) is 0.920. The molecule has 0 unspecified atom stereocenters. The maximum Gasteiger partial charge on any atom is 0.356 e. The van der Waals surface area contributed by atoms with Crippen molar-refractivity contribution in [1.82, 2.24) is 0 Å². The molecular formula is C15H11ClO4. The van der Waals surface area contributed by atoms with Crippen LogP contribution in [0.1, 0.15) is 0 Å². The van der Waals surface area contributed by atoms with Gasteiger partial charge in [0.15, 0.2) is 11.5 Å². The maximum absolute atomic E-state index is 12.0. The van der Waals surface area contributed by atoms with Gasteiger partial charge in [-0.05, 0) is 24.3 Å². The molecule has 1 aliphatic heterocycles. The van der Waals surface area contributed by atoms with Crippen LogP contribution in [-0.2, 0) is 4.79 Å². The number of halogens is 1. The van der Waals surface area contributed by atoms with Gasteiger partial charge in [-0.15, -0.1) is 0 Å². The summed E-state index contributed by atoms with van der Waals surface area (Å²) in [5.41, 5.74) is 0. The fraction of sp³-hybridized carbons (Fsp3) is 0.133. The molecule has 0 N–H and O–H groups in total. The molecule has 20 heavy (non-hydrogen) atoms. The number of ether oxygens (including phenoxy) is 3. The summed E-state index contributed by atoms with van der Waals surface area (Å²) in [6, 6.07) is 13.9. The number of hydrogen-bond donors (Lipinski definition) is 0. The lowest BCUT2D eigenvalue weighted by molar-refractivity contribution is -0.144. The maximum atomic E-state index is 12.0. The molecule has 3 rings (SSSR count). The van der Waals surface area contributed by atoms with Gasteiger partial charge in [-0.25, -0.2) is 4.79 Å². The number of benzene rings is 2. The predicted molar refractivity (Wildman–Crippen MR) is 73.4 cm³/mol. The van der Waals surface area contributed by atoms with Crippen molar-refractivity contribution in [2.45, 2.75) is 6.10 Å². The fourth-order valence-electron chi connectivity index (χ4n) is 1.84. The molecule has 0 fully saturated rings. The van der Waals surface area contributed by atoms with E-state index in [0.29, 0.717) is 22.3 Å². The summed E-state index contributed by atoms with van der Waals surface area (Å²) < 4.78 is 16.3. The Kier molecular flexibility index (Phi) is 3.48. The van der Waals surface area contributed by atoms with Crippen molar-refractivity contribution < 1.29 is 19.0 Å². The van der Waals surface area contributed by atoms with Gasteiger partial charge in [-0.3, -0.25) is 0 Å². The Bertz CT molecular complexity index is 641. The van der Waals surface area contributed by atoms with Gasteiger partial charge >= 0.3 is 5.97 Å². The Morgan fingerprint density at radius 3 is 2.60 bits per heavy atom. The molecule has 2 aromatic rings. The molecule has 1 heterocycles. The highest BCUT2D eigenvalue weighted by Crippen LogP contribution is 2.31. The average Bonchev–Trinajstić information content (AvgIpc) is 2.49. The Labute approximate surface area is 120 Å². The molecule has 0 bridgehead atoms. The zero-order valence-electron chi connectivity index (χ0n) is 10.4.